The normalized spacial score (nSPS) is 27.0. The van der Waals surface area contributed by atoms with E-state index in [1.165, 1.54) is 24.3 Å². The maximum absolute atomic E-state index is 14.6. The molecule has 8 atom stereocenters. The zero-order valence-electron chi connectivity index (χ0n) is 32.4. The lowest BCUT2D eigenvalue weighted by Crippen LogP contribution is -2.59. The number of hydrogen-bond donors (Lipinski definition) is 4. The van der Waals surface area contributed by atoms with Crippen molar-refractivity contribution < 1.29 is 42.9 Å². The number of amides is 3. The van der Waals surface area contributed by atoms with Gasteiger partial charge in [0.25, 0.3) is 6.01 Å². The minimum absolute atomic E-state index is 0.00758. The van der Waals surface area contributed by atoms with Crippen molar-refractivity contribution in [2.24, 2.45) is 23.2 Å². The largest absolute Gasteiger partial charge is 0.495 e. The van der Waals surface area contributed by atoms with Gasteiger partial charge in [0, 0.05) is 29.8 Å². The molecule has 4 aliphatic rings. The van der Waals surface area contributed by atoms with Crippen LogP contribution >= 0.6 is 11.6 Å². The molecular weight excluding hydrogens is 744 g/mol. The minimum Gasteiger partial charge on any atom is -0.495 e. The summed E-state index contributed by atoms with van der Waals surface area (Å²) in [5.41, 5.74) is -1.19. The first-order valence-corrected chi connectivity index (χ1v) is 19.4. The number of fused-ring (bicyclic) bond motifs is 2. The van der Waals surface area contributed by atoms with Crippen LogP contribution in [-0.4, -0.2) is 93.4 Å². The van der Waals surface area contributed by atoms with Gasteiger partial charge in [-0.25, -0.2) is 14.6 Å². The Morgan fingerprint density at radius 3 is 2.43 bits per heavy atom. The molecule has 0 radical (unpaired) electrons. The molecule has 1 aliphatic heterocycles. The lowest BCUT2D eigenvalue weighted by Gasteiger charge is -2.35. The van der Waals surface area contributed by atoms with E-state index in [0.717, 1.165) is 19.3 Å². The van der Waals surface area contributed by atoms with Crippen LogP contribution < -0.4 is 25.4 Å². The Balaban J connectivity index is 1.20. The number of ether oxygens (including phenoxy) is 3. The van der Waals surface area contributed by atoms with Crippen LogP contribution in [0, 0.1) is 23.2 Å². The first-order chi connectivity index (χ1) is 26.5. The molecule has 1 aromatic carbocycles. The number of pyridine rings is 1. The second kappa shape index (κ2) is 14.8. The Kier molecular flexibility index (Phi) is 10.4. The van der Waals surface area contributed by atoms with Crippen LogP contribution in [0.3, 0.4) is 0 Å². The summed E-state index contributed by atoms with van der Waals surface area (Å²) in [4.78, 5) is 65.1. The van der Waals surface area contributed by atoms with Gasteiger partial charge in [0.2, 0.25) is 11.8 Å². The fourth-order valence-electron chi connectivity index (χ4n) is 8.05. The summed E-state index contributed by atoms with van der Waals surface area (Å²) in [6.45, 7) is 13.0. The van der Waals surface area contributed by atoms with Crippen molar-refractivity contribution in [1.82, 2.24) is 25.5 Å². The van der Waals surface area contributed by atoms with Crippen LogP contribution in [0.5, 0.6) is 11.5 Å². The Morgan fingerprint density at radius 2 is 1.80 bits per heavy atom. The second-order valence-corrected chi connectivity index (χ2v) is 17.2. The van der Waals surface area contributed by atoms with Gasteiger partial charge >= 0.3 is 12.1 Å². The molecule has 3 saturated carbocycles. The Morgan fingerprint density at radius 1 is 1.07 bits per heavy atom. The molecule has 4 fully saturated rings. The summed E-state index contributed by atoms with van der Waals surface area (Å²) in [7, 11) is 1.49. The number of rotatable bonds is 13. The monoisotopic (exact) mass is 792 g/mol. The highest BCUT2D eigenvalue weighted by Gasteiger charge is 2.61. The standard InChI is InChI=1S/C40H49ClN6O9/c1-8-22-16-40(22,36(50)51)46-34(48)28-14-24(17-47(28)35(49)33(39(4,5)6)45-38(52)56-23-12-20-11-21(20)13-23)55-30-15-26(27-18-54-37(44-27)42-19(2)3)43-32-25(30)9-10-29(53-7)31(32)41/h8-10,15,18-24,28,33H,1,11-14,16-17H2,2-7H3,(H,42,44)(H,45,52)(H,46,48)(H,50,51)/t20-,21+,22-,23+,24-,28?,33-,40-/m1/s1. The van der Waals surface area contributed by atoms with Crippen molar-refractivity contribution >= 4 is 52.4 Å². The molecule has 56 heavy (non-hydrogen) atoms. The molecule has 0 bridgehead atoms. The molecule has 1 unspecified atom stereocenters. The molecule has 4 N–H and O–H groups in total. The zero-order chi connectivity index (χ0) is 40.3. The molecule has 16 heteroatoms. The molecular formula is C40H49ClN6O9. The van der Waals surface area contributed by atoms with Gasteiger partial charge in [-0.05, 0) is 68.9 Å². The van der Waals surface area contributed by atoms with Gasteiger partial charge in [-0.15, -0.1) is 6.58 Å². The minimum atomic E-state index is -1.53. The number of methoxy groups -OCH3 is 1. The van der Waals surface area contributed by atoms with Gasteiger partial charge in [0.1, 0.15) is 58.3 Å². The van der Waals surface area contributed by atoms with Gasteiger partial charge in [-0.3, -0.25) is 9.59 Å². The highest BCUT2D eigenvalue weighted by molar-refractivity contribution is 6.36. The van der Waals surface area contributed by atoms with Gasteiger partial charge in [0.15, 0.2) is 0 Å². The molecule has 3 heterocycles. The molecule has 3 amide bonds. The van der Waals surface area contributed by atoms with E-state index in [0.29, 0.717) is 51.6 Å². The zero-order valence-corrected chi connectivity index (χ0v) is 33.1. The number of nitrogens with one attached hydrogen (secondary N) is 3. The van der Waals surface area contributed by atoms with Crippen LogP contribution in [0.1, 0.15) is 66.7 Å². The smallest absolute Gasteiger partial charge is 0.408 e. The number of alkyl carbamates (subject to hydrolysis) is 1. The van der Waals surface area contributed by atoms with Crippen LogP contribution in [-0.2, 0) is 19.1 Å². The molecule has 3 aromatic rings. The van der Waals surface area contributed by atoms with Crippen LogP contribution in [0.4, 0.5) is 10.8 Å². The summed E-state index contributed by atoms with van der Waals surface area (Å²) >= 11 is 6.79. The third-order valence-electron chi connectivity index (χ3n) is 11.3. The third kappa shape index (κ3) is 7.69. The first-order valence-electron chi connectivity index (χ1n) is 19.0. The number of anilines is 1. The number of carbonyl (C=O) groups is 4. The lowest BCUT2D eigenvalue weighted by atomic mass is 9.85. The highest BCUT2D eigenvalue weighted by Crippen LogP contribution is 2.52. The maximum atomic E-state index is 14.6. The summed E-state index contributed by atoms with van der Waals surface area (Å²) < 4.78 is 23.5. The lowest BCUT2D eigenvalue weighted by molar-refractivity contribution is -0.146. The fraction of sp³-hybridized carbons (Fsp3) is 0.550. The summed E-state index contributed by atoms with van der Waals surface area (Å²) in [5, 5.41) is 19.5. The number of nitrogens with zero attached hydrogens (tertiary/aromatic N) is 3. The van der Waals surface area contributed by atoms with E-state index < -0.39 is 58.9 Å². The number of carboxylic acid groups (broad SMARTS) is 1. The van der Waals surface area contributed by atoms with Crippen molar-refractivity contribution in [3.8, 4) is 22.9 Å². The van der Waals surface area contributed by atoms with E-state index >= 15 is 0 Å². The maximum Gasteiger partial charge on any atom is 0.408 e. The number of carboxylic acids is 1. The van der Waals surface area contributed by atoms with Crippen molar-refractivity contribution in [1.29, 1.82) is 0 Å². The second-order valence-electron chi connectivity index (χ2n) is 16.8. The number of aliphatic carboxylic acids is 1. The molecule has 7 rings (SSSR count). The van der Waals surface area contributed by atoms with E-state index in [1.54, 1.807) is 18.2 Å². The predicted molar refractivity (Wildman–Crippen MR) is 206 cm³/mol. The van der Waals surface area contributed by atoms with Crippen LogP contribution in [0.25, 0.3) is 22.3 Å². The predicted octanol–water partition coefficient (Wildman–Crippen LogP) is 5.81. The van der Waals surface area contributed by atoms with Crippen molar-refractivity contribution in [3.05, 3.63) is 42.1 Å². The molecule has 0 spiro atoms. The number of hydrogen-bond acceptors (Lipinski definition) is 11. The van der Waals surface area contributed by atoms with Gasteiger partial charge in [0.05, 0.1) is 24.9 Å². The molecule has 3 aliphatic carbocycles. The first kappa shape index (κ1) is 39.2. The van der Waals surface area contributed by atoms with E-state index in [4.69, 9.17) is 35.2 Å². The summed E-state index contributed by atoms with van der Waals surface area (Å²) in [6.07, 6.45) is 4.26. The summed E-state index contributed by atoms with van der Waals surface area (Å²) in [6, 6.07) is 3.25. The average Bonchev–Trinajstić information content (AvgIpc) is 3.80. The number of carbonyl (C=O) groups excluding carboxylic acids is 3. The van der Waals surface area contributed by atoms with E-state index in [9.17, 15) is 24.3 Å². The number of halogens is 1. The molecule has 300 valence electrons. The SMILES string of the molecule is C=C[C@@H]1C[C@]1(NC(=O)C1C[C@@H](Oc2cc(-c3coc(NC(C)C)n3)nc3c(Cl)c(OC)ccc23)CN1C(=O)[C@@H](NC(=O)O[C@@H]1C[C@@H]2C[C@@H]2C1)C(C)(C)C)C(=O)O. The van der Waals surface area contributed by atoms with E-state index in [2.05, 4.69) is 27.5 Å². The topological polar surface area (TPSA) is 194 Å². The highest BCUT2D eigenvalue weighted by atomic mass is 35.5. The Bertz CT molecular complexity index is 2050. The van der Waals surface area contributed by atoms with Gasteiger partial charge in [-0.1, -0.05) is 38.4 Å². The van der Waals surface area contributed by atoms with Crippen LogP contribution in [0.15, 0.2) is 41.5 Å². The van der Waals surface area contributed by atoms with E-state index in [1.807, 2.05) is 34.6 Å². The number of oxazole rings is 1. The molecule has 1 saturated heterocycles. The number of benzene rings is 1. The van der Waals surface area contributed by atoms with Crippen molar-refractivity contribution in [2.75, 3.05) is 19.0 Å². The average molecular weight is 793 g/mol. The fourth-order valence-corrected chi connectivity index (χ4v) is 8.33. The van der Waals surface area contributed by atoms with Gasteiger partial charge in [-0.2, -0.15) is 4.98 Å². The molecule has 15 nitrogen and oxygen atoms in total. The number of likely N-dealkylation sites (tertiary alicyclic amines) is 1. The van der Waals surface area contributed by atoms with Crippen molar-refractivity contribution in [3.63, 3.8) is 0 Å². The van der Waals surface area contributed by atoms with Gasteiger partial charge < -0.3 is 44.6 Å². The van der Waals surface area contributed by atoms with Crippen LogP contribution in [0.2, 0.25) is 5.02 Å². The van der Waals surface area contributed by atoms with E-state index in [-0.39, 0.29) is 36.6 Å². The Labute approximate surface area is 329 Å². The Hall–Kier alpha value is -5.05. The molecule has 2 aromatic heterocycles. The quantitative estimate of drug-likeness (QED) is 0.152. The summed E-state index contributed by atoms with van der Waals surface area (Å²) in [5.74, 6) is -0.932. The van der Waals surface area contributed by atoms with Crippen molar-refractivity contribution in [2.45, 2.75) is 103 Å². The third-order valence-corrected chi connectivity index (χ3v) is 11.6. The number of aromatic nitrogens is 2.